The summed E-state index contributed by atoms with van der Waals surface area (Å²) in [6.45, 7) is 4.00. The Kier molecular flexibility index (Phi) is 9.68. The fourth-order valence-electron chi connectivity index (χ4n) is 3.14. The topological polar surface area (TPSA) is 43.8 Å². The van der Waals surface area contributed by atoms with Gasteiger partial charge in [0.1, 0.15) is 11.9 Å². The second kappa shape index (κ2) is 12.0. The van der Waals surface area contributed by atoms with Crippen LogP contribution < -0.4 is 0 Å². The van der Waals surface area contributed by atoms with Crippen molar-refractivity contribution >= 4 is 18.4 Å². The minimum Gasteiger partial charge on any atom is -0.285 e. The van der Waals surface area contributed by atoms with Crippen LogP contribution >= 0.6 is 11.9 Å². The van der Waals surface area contributed by atoms with Gasteiger partial charge < -0.3 is 0 Å². The molecule has 0 spiro atoms. The predicted molar refractivity (Wildman–Crippen MR) is 108 cm³/mol. The Labute approximate surface area is 166 Å². The summed E-state index contributed by atoms with van der Waals surface area (Å²) in [5.74, 6) is 6.92. The van der Waals surface area contributed by atoms with Gasteiger partial charge >= 0.3 is 0 Å². The summed E-state index contributed by atoms with van der Waals surface area (Å²) in [5, 5.41) is 10.4. The minimum absolute atomic E-state index is 0.197. The normalized spacial score (nSPS) is 16.4. The third-order valence-corrected chi connectivity index (χ3v) is 6.01. The molecule has 27 heavy (non-hydrogen) atoms. The lowest BCUT2D eigenvalue weighted by Gasteiger charge is -2.32. The van der Waals surface area contributed by atoms with Crippen LogP contribution in [-0.2, 0) is 4.79 Å². The molecule has 0 aliphatic carbocycles. The molecule has 0 bridgehead atoms. The average Bonchev–Trinajstić information content (AvgIpc) is 2.70. The maximum Gasteiger partial charge on any atom is 0.234 e. The highest BCUT2D eigenvalue weighted by atomic mass is 32.2. The average molecular weight is 393 g/mol. The standard InChI is InChI=1S/C21H29FN2O2S/c1-2-3-4-5-6-7-21(24(26)17-25)16-27-23-14-12-19(13-15-23)18-8-10-20(22)11-9-18/h8-11,17,19,21,26H,2-5,12-16H2,1H3. The molecule has 148 valence electrons. The molecule has 1 saturated heterocycles. The largest absolute Gasteiger partial charge is 0.285 e. The molecule has 2 rings (SSSR count). The van der Waals surface area contributed by atoms with Crippen molar-refractivity contribution in [2.45, 2.75) is 57.4 Å². The van der Waals surface area contributed by atoms with E-state index in [9.17, 15) is 14.4 Å². The summed E-state index contributed by atoms with van der Waals surface area (Å²) >= 11 is 1.63. The van der Waals surface area contributed by atoms with Crippen molar-refractivity contribution in [1.82, 2.24) is 9.37 Å². The van der Waals surface area contributed by atoms with Crippen molar-refractivity contribution in [3.63, 3.8) is 0 Å². The monoisotopic (exact) mass is 392 g/mol. The van der Waals surface area contributed by atoms with Crippen molar-refractivity contribution in [1.29, 1.82) is 0 Å². The third-order valence-electron chi connectivity index (χ3n) is 4.81. The molecule has 1 heterocycles. The number of piperidine rings is 1. The van der Waals surface area contributed by atoms with Crippen LogP contribution in [-0.4, -0.2) is 45.9 Å². The smallest absolute Gasteiger partial charge is 0.234 e. The van der Waals surface area contributed by atoms with Gasteiger partial charge in [-0.2, -0.15) is 0 Å². The van der Waals surface area contributed by atoms with Crippen LogP contribution in [0.2, 0.25) is 0 Å². The van der Waals surface area contributed by atoms with Gasteiger partial charge in [0.2, 0.25) is 6.41 Å². The van der Waals surface area contributed by atoms with E-state index in [4.69, 9.17) is 0 Å². The highest BCUT2D eigenvalue weighted by Gasteiger charge is 2.22. The second-order valence-electron chi connectivity index (χ2n) is 6.83. The first-order valence-electron chi connectivity index (χ1n) is 9.68. The first kappa shape index (κ1) is 21.7. The van der Waals surface area contributed by atoms with Crippen molar-refractivity contribution < 1.29 is 14.4 Å². The van der Waals surface area contributed by atoms with E-state index in [2.05, 4.69) is 23.1 Å². The summed E-state index contributed by atoms with van der Waals surface area (Å²) in [5.41, 5.74) is 1.19. The summed E-state index contributed by atoms with van der Waals surface area (Å²) < 4.78 is 15.3. The number of rotatable bonds is 9. The van der Waals surface area contributed by atoms with Crippen molar-refractivity contribution in [3.8, 4) is 11.8 Å². The number of hydrogen-bond donors (Lipinski definition) is 1. The van der Waals surface area contributed by atoms with Gasteiger partial charge in [0, 0.05) is 25.3 Å². The Morgan fingerprint density at radius 2 is 2.04 bits per heavy atom. The van der Waals surface area contributed by atoms with Gasteiger partial charge in [-0.25, -0.2) is 9.45 Å². The molecule has 0 radical (unpaired) electrons. The van der Waals surface area contributed by atoms with Crippen molar-refractivity contribution in [2.24, 2.45) is 0 Å². The molecule has 1 atom stereocenters. The third kappa shape index (κ3) is 7.53. The molecule has 1 unspecified atom stereocenters. The molecule has 0 aromatic heterocycles. The van der Waals surface area contributed by atoms with Crippen LogP contribution in [0.15, 0.2) is 24.3 Å². The van der Waals surface area contributed by atoms with Crippen LogP contribution in [0, 0.1) is 17.7 Å². The molecule has 1 aliphatic heterocycles. The van der Waals surface area contributed by atoms with Gasteiger partial charge in [-0.05, 0) is 42.9 Å². The lowest BCUT2D eigenvalue weighted by atomic mass is 9.90. The van der Waals surface area contributed by atoms with Crippen LogP contribution in [0.3, 0.4) is 0 Å². The Morgan fingerprint density at radius 1 is 1.33 bits per heavy atom. The number of benzene rings is 1. The van der Waals surface area contributed by atoms with Crippen LogP contribution in [0.1, 0.15) is 56.9 Å². The molecule has 4 nitrogen and oxygen atoms in total. The molecule has 6 heteroatoms. The zero-order valence-corrected chi connectivity index (χ0v) is 16.8. The Hall–Kier alpha value is -1.55. The maximum atomic E-state index is 13.1. The number of nitrogens with zero attached hydrogens (tertiary/aromatic N) is 2. The summed E-state index contributed by atoms with van der Waals surface area (Å²) in [6.07, 6.45) is 6.60. The predicted octanol–water partition coefficient (Wildman–Crippen LogP) is 4.45. The van der Waals surface area contributed by atoms with E-state index in [0.717, 1.165) is 51.6 Å². The zero-order valence-electron chi connectivity index (χ0n) is 15.9. The lowest BCUT2D eigenvalue weighted by Crippen LogP contribution is -2.35. The Balaban J connectivity index is 1.78. The molecule has 1 aromatic rings. The highest BCUT2D eigenvalue weighted by molar-refractivity contribution is 7.97. The van der Waals surface area contributed by atoms with Gasteiger partial charge in [0.15, 0.2) is 0 Å². The molecule has 1 fully saturated rings. The van der Waals surface area contributed by atoms with E-state index in [1.54, 1.807) is 11.9 Å². The highest BCUT2D eigenvalue weighted by Crippen LogP contribution is 2.31. The number of carbonyl (C=O) groups excluding carboxylic acids is 1. The fraction of sp³-hybridized carbons (Fsp3) is 0.571. The fourth-order valence-corrected chi connectivity index (χ4v) is 4.20. The van der Waals surface area contributed by atoms with Crippen molar-refractivity contribution in [3.05, 3.63) is 35.6 Å². The SMILES string of the molecule is CCCCCC#CC(CSN1CCC(c2ccc(F)cc2)CC1)N(O)C=O. The number of halogens is 1. The molecule has 1 N–H and O–H groups in total. The zero-order chi connectivity index (χ0) is 19.5. The van der Waals surface area contributed by atoms with Gasteiger partial charge in [-0.15, -0.1) is 5.92 Å². The van der Waals surface area contributed by atoms with E-state index in [-0.39, 0.29) is 5.82 Å². The number of unbranched alkanes of at least 4 members (excludes halogenated alkanes) is 3. The lowest BCUT2D eigenvalue weighted by molar-refractivity contribution is -0.153. The molecule has 1 aliphatic rings. The number of hydrogen-bond acceptors (Lipinski definition) is 4. The van der Waals surface area contributed by atoms with Crippen LogP contribution in [0.25, 0.3) is 0 Å². The molecular weight excluding hydrogens is 363 g/mol. The summed E-state index contributed by atoms with van der Waals surface area (Å²) in [7, 11) is 0. The van der Waals surface area contributed by atoms with Gasteiger partial charge in [0.25, 0.3) is 0 Å². The molecule has 1 aromatic carbocycles. The molecule has 0 saturated carbocycles. The summed E-state index contributed by atoms with van der Waals surface area (Å²) in [6, 6.07) is 6.32. The summed E-state index contributed by atoms with van der Waals surface area (Å²) in [4.78, 5) is 10.9. The van der Waals surface area contributed by atoms with E-state index in [1.165, 1.54) is 17.7 Å². The van der Waals surface area contributed by atoms with E-state index < -0.39 is 6.04 Å². The minimum atomic E-state index is -0.482. The number of amides is 1. The second-order valence-corrected chi connectivity index (χ2v) is 7.94. The quantitative estimate of drug-likeness (QED) is 0.168. The van der Waals surface area contributed by atoms with Crippen molar-refractivity contribution in [2.75, 3.05) is 18.8 Å². The van der Waals surface area contributed by atoms with E-state index in [1.807, 2.05) is 12.1 Å². The Bertz CT molecular complexity index is 621. The van der Waals surface area contributed by atoms with Gasteiger partial charge in [-0.3, -0.25) is 14.3 Å². The number of carbonyl (C=O) groups is 1. The maximum absolute atomic E-state index is 13.1. The van der Waals surface area contributed by atoms with Gasteiger partial charge in [-0.1, -0.05) is 49.8 Å². The van der Waals surface area contributed by atoms with E-state index >= 15 is 0 Å². The van der Waals surface area contributed by atoms with Crippen LogP contribution in [0.4, 0.5) is 4.39 Å². The van der Waals surface area contributed by atoms with E-state index in [0.29, 0.717) is 23.1 Å². The first-order chi connectivity index (χ1) is 13.1. The first-order valence-corrected chi connectivity index (χ1v) is 10.6. The Morgan fingerprint density at radius 3 is 2.67 bits per heavy atom. The molecular formula is C21H29FN2O2S. The van der Waals surface area contributed by atoms with Gasteiger partial charge in [0.05, 0.1) is 0 Å². The number of hydroxylamine groups is 2. The van der Waals surface area contributed by atoms with Crippen LogP contribution in [0.5, 0.6) is 0 Å². The molecule has 1 amide bonds.